The Morgan fingerprint density at radius 1 is 0.462 bits per heavy atom. The van der Waals surface area contributed by atoms with Crippen molar-refractivity contribution >= 4 is 0 Å². The molecule has 0 aromatic heterocycles. The second-order valence-corrected chi connectivity index (χ2v) is 8.47. The molecule has 0 aliphatic heterocycles. The standard InChI is InChI=1S/C24H51N.H2O/c1-4-24(5-2,6-3)22-20-18-16-14-12-10-8-7-9-11-13-15-17-19-21-23-25;/h4-23,25H2,1-3H3;1H2. The summed E-state index contributed by atoms with van der Waals surface area (Å²) in [5.74, 6) is 0. The van der Waals surface area contributed by atoms with E-state index < -0.39 is 0 Å². The van der Waals surface area contributed by atoms with Gasteiger partial charge < -0.3 is 11.2 Å². The van der Waals surface area contributed by atoms with Crippen molar-refractivity contribution in [1.29, 1.82) is 0 Å². The SMILES string of the molecule is CCC(CC)(CC)CCCCCCCCCCCCCCCCC[NH3+].[OH-]. The zero-order chi connectivity index (χ0) is 18.6. The molecule has 0 heterocycles. The predicted molar refractivity (Wildman–Crippen MR) is 117 cm³/mol. The molecule has 0 rings (SSSR count). The van der Waals surface area contributed by atoms with Crippen LogP contribution in [-0.4, -0.2) is 12.0 Å². The molecule has 0 unspecified atom stereocenters. The van der Waals surface area contributed by atoms with Crippen molar-refractivity contribution in [3.8, 4) is 0 Å². The molecule has 0 aliphatic rings. The van der Waals surface area contributed by atoms with Gasteiger partial charge in [-0.3, -0.25) is 0 Å². The minimum Gasteiger partial charge on any atom is -0.870 e. The third-order valence-corrected chi connectivity index (χ3v) is 6.71. The summed E-state index contributed by atoms with van der Waals surface area (Å²) in [6.07, 6.45) is 27.4. The Hall–Kier alpha value is -0.0800. The molecule has 0 aromatic carbocycles. The fourth-order valence-corrected chi connectivity index (χ4v) is 4.26. The highest BCUT2D eigenvalue weighted by Crippen LogP contribution is 2.36. The zero-order valence-electron chi connectivity index (χ0n) is 18.8. The molecule has 0 saturated carbocycles. The summed E-state index contributed by atoms with van der Waals surface area (Å²) in [6, 6.07) is 0. The fraction of sp³-hybridized carbons (Fsp3) is 1.00. The summed E-state index contributed by atoms with van der Waals surface area (Å²) in [7, 11) is 0. The van der Waals surface area contributed by atoms with E-state index in [0.29, 0.717) is 5.41 Å². The molecule has 0 amide bonds. The Bertz CT molecular complexity index is 242. The Labute approximate surface area is 166 Å². The lowest BCUT2D eigenvalue weighted by Gasteiger charge is -2.30. The van der Waals surface area contributed by atoms with Crippen molar-refractivity contribution in [2.24, 2.45) is 5.41 Å². The summed E-state index contributed by atoms with van der Waals surface area (Å²) < 4.78 is 0. The van der Waals surface area contributed by atoms with Crippen LogP contribution in [0.25, 0.3) is 0 Å². The average molecular weight is 372 g/mol. The Morgan fingerprint density at radius 2 is 0.731 bits per heavy atom. The van der Waals surface area contributed by atoms with Gasteiger partial charge in [-0.1, -0.05) is 124 Å². The summed E-state index contributed by atoms with van der Waals surface area (Å²) in [5, 5.41) is 0. The molecule has 0 radical (unpaired) electrons. The lowest BCUT2D eigenvalue weighted by molar-refractivity contribution is -0.368. The van der Waals surface area contributed by atoms with Gasteiger partial charge in [-0.05, 0) is 24.7 Å². The molecule has 0 aromatic rings. The van der Waals surface area contributed by atoms with E-state index in [-0.39, 0.29) is 5.48 Å². The maximum Gasteiger partial charge on any atom is 0.0739 e. The Morgan fingerprint density at radius 3 is 1.00 bits per heavy atom. The third-order valence-electron chi connectivity index (χ3n) is 6.71. The van der Waals surface area contributed by atoms with Crippen molar-refractivity contribution in [1.82, 2.24) is 0 Å². The highest BCUT2D eigenvalue weighted by Gasteiger charge is 2.22. The molecule has 0 fully saturated rings. The third kappa shape index (κ3) is 16.1. The van der Waals surface area contributed by atoms with Crippen LogP contribution in [0.1, 0.15) is 143 Å². The molecular weight excluding hydrogens is 318 g/mol. The van der Waals surface area contributed by atoms with E-state index in [4.69, 9.17) is 0 Å². The van der Waals surface area contributed by atoms with Crippen LogP contribution in [0.4, 0.5) is 0 Å². The van der Waals surface area contributed by atoms with E-state index in [2.05, 4.69) is 26.5 Å². The van der Waals surface area contributed by atoms with Gasteiger partial charge in [0.05, 0.1) is 6.54 Å². The Kier molecular flexibility index (Phi) is 23.0. The first-order valence-corrected chi connectivity index (χ1v) is 12.0. The number of rotatable bonds is 20. The minimum atomic E-state index is 0. The number of quaternary nitrogens is 1. The molecule has 2 nitrogen and oxygen atoms in total. The van der Waals surface area contributed by atoms with Gasteiger partial charge in [0.15, 0.2) is 0 Å². The zero-order valence-corrected chi connectivity index (χ0v) is 18.8. The lowest BCUT2D eigenvalue weighted by atomic mass is 9.75. The van der Waals surface area contributed by atoms with Crippen molar-refractivity contribution in [3.63, 3.8) is 0 Å². The van der Waals surface area contributed by atoms with Crippen molar-refractivity contribution in [2.75, 3.05) is 6.54 Å². The lowest BCUT2D eigenvalue weighted by Crippen LogP contribution is -2.50. The average Bonchev–Trinajstić information content (AvgIpc) is 2.65. The van der Waals surface area contributed by atoms with Crippen LogP contribution in [0.2, 0.25) is 0 Å². The van der Waals surface area contributed by atoms with Gasteiger partial charge in [-0.15, -0.1) is 0 Å². The topological polar surface area (TPSA) is 57.6 Å². The summed E-state index contributed by atoms with van der Waals surface area (Å²) in [5.41, 5.74) is 4.57. The van der Waals surface area contributed by atoms with Gasteiger partial charge in [-0.25, -0.2) is 0 Å². The van der Waals surface area contributed by atoms with E-state index in [0.717, 1.165) is 6.54 Å². The predicted octanol–water partition coefficient (Wildman–Crippen LogP) is 7.51. The van der Waals surface area contributed by atoms with Crippen LogP contribution in [0, 0.1) is 5.41 Å². The van der Waals surface area contributed by atoms with Gasteiger partial charge in [-0.2, -0.15) is 0 Å². The first-order valence-electron chi connectivity index (χ1n) is 12.0. The first kappa shape index (κ1) is 28.1. The van der Waals surface area contributed by atoms with Crippen LogP contribution >= 0.6 is 0 Å². The normalized spacial score (nSPS) is 11.5. The largest absolute Gasteiger partial charge is 0.870 e. The monoisotopic (exact) mass is 371 g/mol. The maximum atomic E-state index is 3.91. The van der Waals surface area contributed by atoms with E-state index in [1.807, 2.05) is 0 Å². The molecule has 160 valence electrons. The smallest absolute Gasteiger partial charge is 0.0739 e. The van der Waals surface area contributed by atoms with E-state index in [1.165, 1.54) is 122 Å². The van der Waals surface area contributed by atoms with Crippen molar-refractivity contribution in [2.45, 2.75) is 143 Å². The molecule has 0 atom stereocenters. The van der Waals surface area contributed by atoms with Crippen molar-refractivity contribution < 1.29 is 11.2 Å². The van der Waals surface area contributed by atoms with Crippen LogP contribution in [0.5, 0.6) is 0 Å². The summed E-state index contributed by atoms with van der Waals surface area (Å²) >= 11 is 0. The minimum absolute atomic E-state index is 0. The highest BCUT2D eigenvalue weighted by molar-refractivity contribution is 4.74. The molecule has 0 aliphatic carbocycles. The second kappa shape index (κ2) is 21.2. The number of hydrogen-bond acceptors (Lipinski definition) is 1. The van der Waals surface area contributed by atoms with Gasteiger partial charge in [0.25, 0.3) is 0 Å². The fourth-order valence-electron chi connectivity index (χ4n) is 4.26. The van der Waals surface area contributed by atoms with E-state index in [1.54, 1.807) is 0 Å². The van der Waals surface area contributed by atoms with Gasteiger partial charge >= 0.3 is 0 Å². The van der Waals surface area contributed by atoms with E-state index >= 15 is 0 Å². The van der Waals surface area contributed by atoms with Crippen LogP contribution in [0.3, 0.4) is 0 Å². The van der Waals surface area contributed by atoms with Gasteiger partial charge in [0, 0.05) is 0 Å². The van der Waals surface area contributed by atoms with E-state index in [9.17, 15) is 0 Å². The van der Waals surface area contributed by atoms with Crippen LogP contribution < -0.4 is 5.73 Å². The van der Waals surface area contributed by atoms with Gasteiger partial charge in [0.1, 0.15) is 0 Å². The molecule has 2 heteroatoms. The molecular formula is C24H53NO. The van der Waals surface area contributed by atoms with Gasteiger partial charge in [0.2, 0.25) is 0 Å². The number of unbranched alkanes of at least 4 members (excludes halogenated alkanes) is 14. The number of hydrogen-bond donors (Lipinski definition) is 1. The molecule has 4 N–H and O–H groups in total. The Balaban J connectivity index is 0. The first-order chi connectivity index (χ1) is 12.2. The maximum absolute atomic E-state index is 3.91. The quantitative estimate of drug-likeness (QED) is 0.221. The summed E-state index contributed by atoms with van der Waals surface area (Å²) in [6.45, 7) is 8.28. The highest BCUT2D eigenvalue weighted by atomic mass is 16.0. The summed E-state index contributed by atoms with van der Waals surface area (Å²) in [4.78, 5) is 0. The van der Waals surface area contributed by atoms with Crippen LogP contribution in [-0.2, 0) is 0 Å². The molecule has 0 spiro atoms. The molecule has 26 heavy (non-hydrogen) atoms. The molecule has 0 saturated heterocycles. The van der Waals surface area contributed by atoms with Crippen LogP contribution in [0.15, 0.2) is 0 Å². The van der Waals surface area contributed by atoms with Crippen molar-refractivity contribution in [3.05, 3.63) is 0 Å². The molecule has 0 bridgehead atoms. The second-order valence-electron chi connectivity index (χ2n) is 8.47.